The smallest absolute Gasteiger partial charge is 0.255 e. The fraction of sp³-hybridized carbons (Fsp3) is 0.188. The Morgan fingerprint density at radius 2 is 1.70 bits per heavy atom. The van der Waals surface area contributed by atoms with Gasteiger partial charge in [-0.1, -0.05) is 15.9 Å². The predicted molar refractivity (Wildman–Crippen MR) is 92.5 cm³/mol. The van der Waals surface area contributed by atoms with Crippen LogP contribution < -0.4 is 5.32 Å². The zero-order valence-corrected chi connectivity index (χ0v) is 14.9. The van der Waals surface area contributed by atoms with Gasteiger partial charge in [0, 0.05) is 22.8 Å². The summed E-state index contributed by atoms with van der Waals surface area (Å²) in [4.78, 5) is 12.3. The fourth-order valence-electron chi connectivity index (χ4n) is 1.86. The molecule has 0 bridgehead atoms. The minimum atomic E-state index is -3.39. The van der Waals surface area contributed by atoms with E-state index in [1.165, 1.54) is 31.4 Å². The van der Waals surface area contributed by atoms with Crippen molar-refractivity contribution in [1.82, 2.24) is 0 Å². The Labute approximate surface area is 143 Å². The van der Waals surface area contributed by atoms with Crippen molar-refractivity contribution < 1.29 is 17.9 Å². The van der Waals surface area contributed by atoms with Crippen LogP contribution in [-0.2, 0) is 14.6 Å². The highest BCUT2D eigenvalue weighted by Gasteiger charge is 2.15. The molecule has 2 aromatic carbocycles. The molecule has 0 atom stereocenters. The van der Waals surface area contributed by atoms with E-state index < -0.39 is 9.84 Å². The SMILES string of the molecule is COCCS(=O)(=O)c1ccc(C(=O)Nc2ccc(Br)cc2)cc1. The number of hydrogen-bond acceptors (Lipinski definition) is 4. The molecule has 0 radical (unpaired) electrons. The van der Waals surface area contributed by atoms with E-state index in [1.807, 2.05) is 12.1 Å². The molecule has 1 amide bonds. The second-order valence-electron chi connectivity index (χ2n) is 4.80. The summed E-state index contributed by atoms with van der Waals surface area (Å²) in [5.41, 5.74) is 1.05. The van der Waals surface area contributed by atoms with Crippen molar-refractivity contribution in [2.45, 2.75) is 4.90 Å². The van der Waals surface area contributed by atoms with E-state index in [2.05, 4.69) is 21.2 Å². The van der Waals surface area contributed by atoms with Gasteiger partial charge in [-0.3, -0.25) is 4.79 Å². The van der Waals surface area contributed by atoms with Gasteiger partial charge in [-0.05, 0) is 48.5 Å². The van der Waals surface area contributed by atoms with Gasteiger partial charge >= 0.3 is 0 Å². The standard InChI is InChI=1S/C16H16BrNO4S/c1-22-10-11-23(20,21)15-8-2-12(3-9-15)16(19)18-14-6-4-13(17)5-7-14/h2-9H,10-11H2,1H3,(H,18,19). The normalized spacial score (nSPS) is 11.2. The van der Waals surface area contributed by atoms with Crippen LogP contribution in [0.5, 0.6) is 0 Å². The highest BCUT2D eigenvalue weighted by atomic mass is 79.9. The number of anilines is 1. The Morgan fingerprint density at radius 3 is 2.26 bits per heavy atom. The molecule has 5 nitrogen and oxygen atoms in total. The lowest BCUT2D eigenvalue weighted by molar-refractivity contribution is 0.102. The van der Waals surface area contributed by atoms with E-state index in [-0.39, 0.29) is 23.2 Å². The van der Waals surface area contributed by atoms with Crippen molar-refractivity contribution in [3.8, 4) is 0 Å². The lowest BCUT2D eigenvalue weighted by Gasteiger charge is -2.07. The first-order valence-corrected chi connectivity index (χ1v) is 9.25. The lowest BCUT2D eigenvalue weighted by atomic mass is 10.2. The average Bonchev–Trinajstić information content (AvgIpc) is 2.55. The number of ether oxygens (including phenoxy) is 1. The van der Waals surface area contributed by atoms with Gasteiger partial charge in [-0.2, -0.15) is 0 Å². The zero-order valence-electron chi connectivity index (χ0n) is 12.5. The molecule has 0 aliphatic rings. The molecule has 7 heteroatoms. The van der Waals surface area contributed by atoms with Crippen LogP contribution in [0.15, 0.2) is 57.9 Å². The Morgan fingerprint density at radius 1 is 1.09 bits per heavy atom. The predicted octanol–water partition coefficient (Wildman–Crippen LogP) is 3.12. The van der Waals surface area contributed by atoms with Gasteiger partial charge in [0.05, 0.1) is 17.3 Å². The molecule has 2 aromatic rings. The number of amides is 1. The number of carbonyl (C=O) groups is 1. The third-order valence-corrected chi connectivity index (χ3v) is 5.36. The summed E-state index contributed by atoms with van der Waals surface area (Å²) in [7, 11) is -1.94. The van der Waals surface area contributed by atoms with E-state index in [0.29, 0.717) is 11.3 Å². The summed E-state index contributed by atoms with van der Waals surface area (Å²) in [5, 5.41) is 2.75. The molecule has 23 heavy (non-hydrogen) atoms. The zero-order chi connectivity index (χ0) is 16.9. The summed E-state index contributed by atoms with van der Waals surface area (Å²) in [6, 6.07) is 13.0. The quantitative estimate of drug-likeness (QED) is 0.812. The van der Waals surface area contributed by atoms with Crippen molar-refractivity contribution >= 4 is 37.4 Å². The number of nitrogens with one attached hydrogen (secondary N) is 1. The van der Waals surface area contributed by atoms with Gasteiger partial charge in [-0.25, -0.2) is 8.42 Å². The third kappa shape index (κ3) is 4.89. The highest BCUT2D eigenvalue weighted by Crippen LogP contribution is 2.16. The lowest BCUT2D eigenvalue weighted by Crippen LogP contribution is -2.14. The van der Waals surface area contributed by atoms with Gasteiger partial charge in [0.2, 0.25) is 0 Å². The summed E-state index contributed by atoms with van der Waals surface area (Å²) in [6.07, 6.45) is 0. The van der Waals surface area contributed by atoms with Crippen LogP contribution in [0.4, 0.5) is 5.69 Å². The summed E-state index contributed by atoms with van der Waals surface area (Å²) < 4.78 is 29.7. The van der Waals surface area contributed by atoms with Crippen LogP contribution in [0.3, 0.4) is 0 Å². The maximum absolute atomic E-state index is 12.1. The van der Waals surface area contributed by atoms with Gasteiger partial charge in [-0.15, -0.1) is 0 Å². The number of sulfone groups is 1. The molecule has 0 saturated carbocycles. The van der Waals surface area contributed by atoms with Crippen LogP contribution in [0.2, 0.25) is 0 Å². The van der Waals surface area contributed by atoms with E-state index in [1.54, 1.807) is 12.1 Å². The highest BCUT2D eigenvalue weighted by molar-refractivity contribution is 9.10. The Hall–Kier alpha value is -1.70. The molecule has 2 rings (SSSR count). The first kappa shape index (κ1) is 17.7. The molecule has 0 aliphatic carbocycles. The molecular formula is C16H16BrNO4S. The number of benzene rings is 2. The summed E-state index contributed by atoms with van der Waals surface area (Å²) in [5.74, 6) is -0.387. The molecular weight excluding hydrogens is 382 g/mol. The Kier molecular flexibility index (Phi) is 5.92. The number of methoxy groups -OCH3 is 1. The third-order valence-electron chi connectivity index (χ3n) is 3.13. The minimum Gasteiger partial charge on any atom is -0.384 e. The first-order chi connectivity index (χ1) is 10.9. The largest absolute Gasteiger partial charge is 0.384 e. The van der Waals surface area contributed by atoms with Crippen molar-refractivity contribution in [3.63, 3.8) is 0 Å². The van der Waals surface area contributed by atoms with Crippen molar-refractivity contribution in [1.29, 1.82) is 0 Å². The summed E-state index contributed by atoms with van der Waals surface area (Å²) in [6.45, 7) is 0.133. The van der Waals surface area contributed by atoms with Crippen LogP contribution in [-0.4, -0.2) is 33.8 Å². The average molecular weight is 398 g/mol. The topological polar surface area (TPSA) is 72.5 Å². The molecule has 0 aliphatic heterocycles. The maximum Gasteiger partial charge on any atom is 0.255 e. The van der Waals surface area contributed by atoms with Crippen LogP contribution in [0, 0.1) is 0 Å². The molecule has 0 saturated heterocycles. The van der Waals surface area contributed by atoms with E-state index in [9.17, 15) is 13.2 Å². The number of halogens is 1. The van der Waals surface area contributed by atoms with Gasteiger partial charge in [0.1, 0.15) is 0 Å². The van der Waals surface area contributed by atoms with Crippen molar-refractivity contribution in [3.05, 3.63) is 58.6 Å². The number of rotatable bonds is 6. The molecule has 0 spiro atoms. The van der Waals surface area contributed by atoms with Crippen LogP contribution in [0.1, 0.15) is 10.4 Å². The summed E-state index contributed by atoms with van der Waals surface area (Å²) >= 11 is 3.32. The maximum atomic E-state index is 12.1. The molecule has 1 N–H and O–H groups in total. The number of carbonyl (C=O) groups excluding carboxylic acids is 1. The van der Waals surface area contributed by atoms with Gasteiger partial charge in [0.15, 0.2) is 9.84 Å². The minimum absolute atomic E-state index is 0.0893. The molecule has 0 fully saturated rings. The van der Waals surface area contributed by atoms with E-state index >= 15 is 0 Å². The van der Waals surface area contributed by atoms with E-state index in [4.69, 9.17) is 4.74 Å². The van der Waals surface area contributed by atoms with Crippen LogP contribution >= 0.6 is 15.9 Å². The monoisotopic (exact) mass is 397 g/mol. The molecule has 0 unspecified atom stereocenters. The number of hydrogen-bond donors (Lipinski definition) is 1. The van der Waals surface area contributed by atoms with Crippen LogP contribution in [0.25, 0.3) is 0 Å². The Bertz CT molecular complexity index is 771. The Balaban J connectivity index is 2.09. The second kappa shape index (κ2) is 7.72. The molecule has 0 aromatic heterocycles. The fourth-order valence-corrected chi connectivity index (χ4v) is 3.30. The van der Waals surface area contributed by atoms with Gasteiger partial charge in [0.25, 0.3) is 5.91 Å². The molecule has 0 heterocycles. The second-order valence-corrected chi connectivity index (χ2v) is 7.82. The van der Waals surface area contributed by atoms with Crippen molar-refractivity contribution in [2.24, 2.45) is 0 Å². The first-order valence-electron chi connectivity index (χ1n) is 6.81. The van der Waals surface area contributed by atoms with E-state index in [0.717, 1.165) is 4.47 Å². The molecule has 122 valence electrons. The van der Waals surface area contributed by atoms with Gasteiger partial charge < -0.3 is 10.1 Å². The van der Waals surface area contributed by atoms with Crippen molar-refractivity contribution in [2.75, 3.05) is 24.8 Å².